The number of carboxylic acids is 2. The summed E-state index contributed by atoms with van der Waals surface area (Å²) < 4.78 is 25.7. The number of aromatic nitrogens is 2. The number of fused-ring (bicyclic) bond motifs is 2. The number of rotatable bonds is 7. The van der Waals surface area contributed by atoms with Gasteiger partial charge in [-0.3, -0.25) is 14.5 Å². The van der Waals surface area contributed by atoms with Crippen LogP contribution < -0.4 is 4.74 Å². The Hall–Kier alpha value is -3.92. The fraction of sp³-hybridized carbons (Fsp3) is 0.320. The third-order valence-electron chi connectivity index (χ3n) is 6.70. The Morgan fingerprint density at radius 3 is 2.63 bits per heavy atom. The van der Waals surface area contributed by atoms with Gasteiger partial charge in [-0.15, -0.1) is 0 Å². The molecule has 0 unspecified atom stereocenters. The summed E-state index contributed by atoms with van der Waals surface area (Å²) in [6, 6.07) is 8.59. The fourth-order valence-corrected chi connectivity index (χ4v) is 5.07. The highest BCUT2D eigenvalue weighted by atomic mass is 19.1. The molecular weight excluding hydrogens is 457 g/mol. The van der Waals surface area contributed by atoms with Crippen molar-refractivity contribution in [2.24, 2.45) is 0 Å². The van der Waals surface area contributed by atoms with E-state index in [-0.39, 0.29) is 12.5 Å². The fourth-order valence-electron chi connectivity index (χ4n) is 5.07. The van der Waals surface area contributed by atoms with E-state index in [1.165, 1.54) is 19.2 Å². The van der Waals surface area contributed by atoms with Gasteiger partial charge in [0.05, 0.1) is 12.8 Å². The average Bonchev–Trinajstić information content (AvgIpc) is 3.40. The molecule has 1 saturated heterocycles. The second kappa shape index (κ2) is 9.03. The molecule has 0 radical (unpaired) electrons. The molecule has 1 atom stereocenters. The monoisotopic (exact) mass is 481 g/mol. The predicted octanol–water partition coefficient (Wildman–Crippen LogP) is 4.02. The van der Waals surface area contributed by atoms with Crippen molar-refractivity contribution in [2.45, 2.75) is 31.3 Å². The third kappa shape index (κ3) is 4.21. The number of carbonyl (C=O) groups is 2. The van der Waals surface area contributed by atoms with Gasteiger partial charge in [0.15, 0.2) is 5.58 Å². The maximum atomic E-state index is 13.5. The molecule has 1 aliphatic rings. The molecule has 0 amide bonds. The van der Waals surface area contributed by atoms with Crippen molar-refractivity contribution in [3.05, 3.63) is 59.7 Å². The SMILES string of the molecule is COc1ccc2c(c1)c([C@H](C(=O)O)N1CCC(c3noc4cc(F)ccc34)CC1)cn2CC(=O)O. The second-order valence-corrected chi connectivity index (χ2v) is 8.75. The van der Waals surface area contributed by atoms with Gasteiger partial charge in [0.1, 0.15) is 24.2 Å². The quantitative estimate of drug-likeness (QED) is 0.406. The minimum atomic E-state index is -1.02. The van der Waals surface area contributed by atoms with Crippen molar-refractivity contribution in [3.63, 3.8) is 0 Å². The zero-order valence-corrected chi connectivity index (χ0v) is 19.0. The van der Waals surface area contributed by atoms with Crippen molar-refractivity contribution in [1.29, 1.82) is 0 Å². The molecule has 2 N–H and O–H groups in total. The van der Waals surface area contributed by atoms with Crippen LogP contribution in [0.2, 0.25) is 0 Å². The number of nitrogens with zero attached hydrogens (tertiary/aromatic N) is 3. The smallest absolute Gasteiger partial charge is 0.325 e. The van der Waals surface area contributed by atoms with Crippen molar-refractivity contribution in [3.8, 4) is 5.75 Å². The van der Waals surface area contributed by atoms with Crippen LogP contribution in [-0.4, -0.2) is 57.0 Å². The van der Waals surface area contributed by atoms with Crippen LogP contribution in [-0.2, 0) is 16.1 Å². The maximum Gasteiger partial charge on any atom is 0.325 e. The van der Waals surface area contributed by atoms with Crippen LogP contribution >= 0.6 is 0 Å². The number of halogens is 1. The first-order chi connectivity index (χ1) is 16.9. The molecule has 1 fully saturated rings. The van der Waals surface area contributed by atoms with Gasteiger partial charge >= 0.3 is 11.9 Å². The molecule has 3 heterocycles. The molecule has 1 aliphatic heterocycles. The minimum Gasteiger partial charge on any atom is -0.497 e. The lowest BCUT2D eigenvalue weighted by Crippen LogP contribution is -2.39. The Morgan fingerprint density at radius 2 is 1.94 bits per heavy atom. The molecule has 182 valence electrons. The minimum absolute atomic E-state index is 0.0563. The lowest BCUT2D eigenvalue weighted by Gasteiger charge is -2.35. The Kier molecular flexibility index (Phi) is 5.89. The molecule has 0 spiro atoms. The Labute approximate surface area is 199 Å². The Balaban J connectivity index is 1.45. The van der Waals surface area contributed by atoms with Gasteiger partial charge in [0.2, 0.25) is 0 Å². The van der Waals surface area contributed by atoms with E-state index >= 15 is 0 Å². The van der Waals surface area contributed by atoms with E-state index in [4.69, 9.17) is 9.26 Å². The molecule has 10 heteroatoms. The highest BCUT2D eigenvalue weighted by Gasteiger charge is 2.35. The number of benzene rings is 2. The van der Waals surface area contributed by atoms with E-state index in [0.29, 0.717) is 53.7 Å². The molecule has 2 aromatic heterocycles. The van der Waals surface area contributed by atoms with Crippen LogP contribution in [0.4, 0.5) is 4.39 Å². The first kappa shape index (κ1) is 22.9. The lowest BCUT2D eigenvalue weighted by molar-refractivity contribution is -0.144. The van der Waals surface area contributed by atoms with E-state index in [2.05, 4.69) is 5.16 Å². The first-order valence-electron chi connectivity index (χ1n) is 11.3. The lowest BCUT2D eigenvalue weighted by atomic mass is 9.90. The highest BCUT2D eigenvalue weighted by molar-refractivity contribution is 5.91. The number of carboxylic acid groups (broad SMARTS) is 2. The second-order valence-electron chi connectivity index (χ2n) is 8.75. The molecule has 0 aliphatic carbocycles. The Bertz CT molecular complexity index is 1420. The zero-order valence-electron chi connectivity index (χ0n) is 19.0. The Morgan fingerprint density at radius 1 is 1.17 bits per heavy atom. The van der Waals surface area contributed by atoms with E-state index < -0.39 is 23.8 Å². The molecule has 0 saturated carbocycles. The molecule has 35 heavy (non-hydrogen) atoms. The highest BCUT2D eigenvalue weighted by Crippen LogP contribution is 2.38. The normalized spacial score (nSPS) is 16.1. The van der Waals surface area contributed by atoms with Crippen LogP contribution in [0.15, 0.2) is 47.1 Å². The first-order valence-corrected chi connectivity index (χ1v) is 11.3. The van der Waals surface area contributed by atoms with Crippen LogP contribution in [0.3, 0.4) is 0 Å². The number of piperidine rings is 1. The molecule has 5 rings (SSSR count). The summed E-state index contributed by atoms with van der Waals surface area (Å²) in [5.41, 5.74) is 2.31. The van der Waals surface area contributed by atoms with Crippen LogP contribution in [0, 0.1) is 5.82 Å². The van der Waals surface area contributed by atoms with E-state index in [9.17, 15) is 24.2 Å². The number of ether oxygens (including phenoxy) is 1. The van der Waals surface area contributed by atoms with E-state index in [1.54, 1.807) is 35.0 Å². The summed E-state index contributed by atoms with van der Waals surface area (Å²) in [5, 5.41) is 25.1. The van der Waals surface area contributed by atoms with Crippen LogP contribution in [0.5, 0.6) is 5.75 Å². The summed E-state index contributed by atoms with van der Waals surface area (Å²) in [5.74, 6) is -1.80. The van der Waals surface area contributed by atoms with E-state index in [1.807, 2.05) is 4.90 Å². The van der Waals surface area contributed by atoms with Gasteiger partial charge in [-0.25, -0.2) is 4.39 Å². The summed E-state index contributed by atoms with van der Waals surface area (Å²) >= 11 is 0. The number of likely N-dealkylation sites (tertiary alicyclic amines) is 1. The van der Waals surface area contributed by atoms with Gasteiger partial charge < -0.3 is 24.0 Å². The van der Waals surface area contributed by atoms with E-state index in [0.717, 1.165) is 11.1 Å². The van der Waals surface area contributed by atoms with Gasteiger partial charge in [-0.1, -0.05) is 5.16 Å². The van der Waals surface area contributed by atoms with Gasteiger partial charge in [-0.2, -0.15) is 0 Å². The van der Waals surface area contributed by atoms with Crippen LogP contribution in [0.1, 0.15) is 36.1 Å². The third-order valence-corrected chi connectivity index (χ3v) is 6.70. The standard InChI is InChI=1S/C25H24FN3O6/c1-34-16-3-5-20-18(11-16)19(12-29(20)13-22(30)31)24(25(32)33)28-8-6-14(7-9-28)23-17-4-2-15(26)10-21(17)35-27-23/h2-5,10-12,14,24H,6-9,13H2,1H3,(H,30,31)(H,32,33)/t24-/m1/s1. The van der Waals surface area contributed by atoms with Gasteiger partial charge in [-0.05, 0) is 56.3 Å². The molecular formula is C25H24FN3O6. The molecule has 4 aromatic rings. The van der Waals surface area contributed by atoms with Crippen molar-refractivity contribution < 1.29 is 33.5 Å². The average molecular weight is 481 g/mol. The van der Waals surface area contributed by atoms with Crippen molar-refractivity contribution >= 4 is 33.8 Å². The summed E-state index contributed by atoms with van der Waals surface area (Å²) in [6.07, 6.45) is 2.92. The molecule has 9 nitrogen and oxygen atoms in total. The number of hydrogen-bond donors (Lipinski definition) is 2. The summed E-state index contributed by atoms with van der Waals surface area (Å²) in [4.78, 5) is 25.8. The van der Waals surface area contributed by atoms with Crippen LogP contribution in [0.25, 0.3) is 21.9 Å². The summed E-state index contributed by atoms with van der Waals surface area (Å²) in [6.45, 7) is 0.705. The molecule has 0 bridgehead atoms. The zero-order chi connectivity index (χ0) is 24.7. The predicted molar refractivity (Wildman–Crippen MR) is 124 cm³/mol. The maximum absolute atomic E-state index is 13.5. The van der Waals surface area contributed by atoms with Crippen molar-refractivity contribution in [2.75, 3.05) is 20.2 Å². The largest absolute Gasteiger partial charge is 0.497 e. The van der Waals surface area contributed by atoms with Gasteiger partial charge in [0.25, 0.3) is 0 Å². The summed E-state index contributed by atoms with van der Waals surface area (Å²) in [7, 11) is 1.52. The number of methoxy groups -OCH3 is 1. The molecule has 2 aromatic carbocycles. The topological polar surface area (TPSA) is 118 Å². The number of hydrogen-bond acceptors (Lipinski definition) is 6. The van der Waals surface area contributed by atoms with Crippen molar-refractivity contribution in [1.82, 2.24) is 14.6 Å². The number of aliphatic carboxylic acids is 2. The van der Waals surface area contributed by atoms with Gasteiger partial charge in [0, 0.05) is 40.0 Å².